The quantitative estimate of drug-likeness (QED) is 0.870. The Bertz CT molecular complexity index is 598. The van der Waals surface area contributed by atoms with Crippen LogP contribution in [0.25, 0.3) is 0 Å². The Morgan fingerprint density at radius 2 is 2.10 bits per heavy atom. The molecule has 0 unspecified atom stereocenters. The fourth-order valence-electron chi connectivity index (χ4n) is 2.04. The second-order valence-electron chi connectivity index (χ2n) is 4.71. The number of hydrogen-bond acceptors (Lipinski definition) is 3. The highest BCUT2D eigenvalue weighted by molar-refractivity contribution is 5.84. The van der Waals surface area contributed by atoms with E-state index in [4.69, 9.17) is 14.3 Å². The zero-order valence-corrected chi connectivity index (χ0v) is 11.7. The van der Waals surface area contributed by atoms with Gasteiger partial charge in [0.2, 0.25) is 5.76 Å². The summed E-state index contributed by atoms with van der Waals surface area (Å²) in [5.41, 5.74) is 2.37. The van der Waals surface area contributed by atoms with Crippen LogP contribution in [0.3, 0.4) is 0 Å². The number of carboxylic acid groups (broad SMARTS) is 1. The molecule has 0 spiro atoms. The molecule has 1 aromatic carbocycles. The lowest BCUT2D eigenvalue weighted by Crippen LogP contribution is -1.97. The summed E-state index contributed by atoms with van der Waals surface area (Å²) in [5.74, 6) is 0.146. The van der Waals surface area contributed by atoms with Crippen LogP contribution in [-0.2, 0) is 13.0 Å². The molecule has 0 aliphatic rings. The molecule has 4 heteroatoms. The Balaban J connectivity index is 2.01. The predicted octanol–water partition coefficient (Wildman–Crippen LogP) is 3.82. The third kappa shape index (κ3) is 3.41. The van der Waals surface area contributed by atoms with E-state index >= 15 is 0 Å². The molecule has 0 aliphatic heterocycles. The number of furan rings is 1. The maximum absolute atomic E-state index is 10.7. The molecule has 0 saturated heterocycles. The Kier molecular flexibility index (Phi) is 4.45. The van der Waals surface area contributed by atoms with E-state index in [1.807, 2.05) is 13.0 Å². The fraction of sp³-hybridized carbons (Fsp3) is 0.312. The molecule has 1 heterocycles. The zero-order valence-electron chi connectivity index (χ0n) is 11.7. The number of rotatable bonds is 6. The number of carbonyl (C=O) groups is 1. The van der Waals surface area contributed by atoms with Crippen LogP contribution in [0.1, 0.15) is 40.8 Å². The van der Waals surface area contributed by atoms with Crippen molar-refractivity contribution in [2.75, 3.05) is 0 Å². The second kappa shape index (κ2) is 6.28. The number of ether oxygens (including phenoxy) is 1. The van der Waals surface area contributed by atoms with Crippen LogP contribution < -0.4 is 4.74 Å². The normalized spacial score (nSPS) is 10.5. The molecule has 1 aromatic heterocycles. The van der Waals surface area contributed by atoms with Gasteiger partial charge in [0, 0.05) is 0 Å². The molecule has 0 amide bonds. The number of aromatic carboxylic acids is 1. The minimum absolute atomic E-state index is 0.0707. The van der Waals surface area contributed by atoms with Gasteiger partial charge in [-0.2, -0.15) is 0 Å². The van der Waals surface area contributed by atoms with Crippen molar-refractivity contribution >= 4 is 5.97 Å². The molecule has 0 atom stereocenters. The highest BCUT2D eigenvalue weighted by atomic mass is 16.5. The lowest BCUT2D eigenvalue weighted by atomic mass is 10.1. The predicted molar refractivity (Wildman–Crippen MR) is 75.2 cm³/mol. The molecule has 0 radical (unpaired) electrons. The van der Waals surface area contributed by atoms with Gasteiger partial charge in [0.25, 0.3) is 0 Å². The van der Waals surface area contributed by atoms with E-state index in [9.17, 15) is 4.79 Å². The minimum atomic E-state index is -1.07. The van der Waals surface area contributed by atoms with Crippen molar-refractivity contribution in [3.05, 3.63) is 53.0 Å². The third-order valence-electron chi connectivity index (χ3n) is 3.02. The van der Waals surface area contributed by atoms with Crippen molar-refractivity contribution in [2.24, 2.45) is 0 Å². The Morgan fingerprint density at radius 1 is 1.30 bits per heavy atom. The Morgan fingerprint density at radius 3 is 2.70 bits per heavy atom. The number of aryl methyl sites for hydroxylation is 2. The third-order valence-corrected chi connectivity index (χ3v) is 3.02. The molecule has 0 saturated carbocycles. The summed E-state index contributed by atoms with van der Waals surface area (Å²) in [6, 6.07) is 9.16. The van der Waals surface area contributed by atoms with Crippen LogP contribution in [0.4, 0.5) is 0 Å². The number of benzene rings is 1. The van der Waals surface area contributed by atoms with Crippen LogP contribution >= 0.6 is 0 Å². The van der Waals surface area contributed by atoms with E-state index in [0.29, 0.717) is 5.76 Å². The first kappa shape index (κ1) is 14.2. The largest absolute Gasteiger partial charge is 0.485 e. The van der Waals surface area contributed by atoms with Crippen molar-refractivity contribution in [3.8, 4) is 5.75 Å². The summed E-state index contributed by atoms with van der Waals surface area (Å²) >= 11 is 0. The van der Waals surface area contributed by atoms with Gasteiger partial charge < -0.3 is 14.3 Å². The van der Waals surface area contributed by atoms with E-state index in [0.717, 1.165) is 24.2 Å². The molecular formula is C16H18O4. The fourth-order valence-corrected chi connectivity index (χ4v) is 2.04. The molecule has 0 fully saturated rings. The van der Waals surface area contributed by atoms with E-state index < -0.39 is 5.97 Å². The van der Waals surface area contributed by atoms with Crippen molar-refractivity contribution in [1.29, 1.82) is 0 Å². The van der Waals surface area contributed by atoms with Crippen LogP contribution in [0.5, 0.6) is 5.75 Å². The van der Waals surface area contributed by atoms with Crippen molar-refractivity contribution in [1.82, 2.24) is 0 Å². The van der Waals surface area contributed by atoms with Crippen LogP contribution in [0, 0.1) is 6.92 Å². The Labute approximate surface area is 118 Å². The second-order valence-corrected chi connectivity index (χ2v) is 4.71. The highest BCUT2D eigenvalue weighted by Crippen LogP contribution is 2.21. The molecule has 0 aliphatic carbocycles. The number of hydrogen-bond donors (Lipinski definition) is 1. The van der Waals surface area contributed by atoms with Crippen molar-refractivity contribution < 1.29 is 19.1 Å². The van der Waals surface area contributed by atoms with Crippen molar-refractivity contribution in [2.45, 2.75) is 33.3 Å². The maximum atomic E-state index is 10.7. The molecule has 4 nitrogen and oxygen atoms in total. The van der Waals surface area contributed by atoms with E-state index in [2.05, 4.69) is 19.1 Å². The van der Waals surface area contributed by atoms with Gasteiger partial charge in [-0.15, -0.1) is 0 Å². The highest BCUT2D eigenvalue weighted by Gasteiger charge is 2.09. The average Bonchev–Trinajstić information content (AvgIpc) is 2.87. The molecule has 2 rings (SSSR count). The summed E-state index contributed by atoms with van der Waals surface area (Å²) < 4.78 is 10.8. The van der Waals surface area contributed by atoms with Crippen LogP contribution in [-0.4, -0.2) is 11.1 Å². The van der Waals surface area contributed by atoms with E-state index in [1.54, 1.807) is 6.07 Å². The Hall–Kier alpha value is -2.23. The van der Waals surface area contributed by atoms with E-state index in [1.165, 1.54) is 11.6 Å². The van der Waals surface area contributed by atoms with Gasteiger partial charge in [0.15, 0.2) is 0 Å². The molecule has 20 heavy (non-hydrogen) atoms. The summed E-state index contributed by atoms with van der Waals surface area (Å²) in [6.45, 7) is 4.37. The molecule has 106 valence electrons. The zero-order chi connectivity index (χ0) is 14.5. The summed E-state index contributed by atoms with van der Waals surface area (Å²) in [4.78, 5) is 10.7. The standard InChI is InChI=1S/C16H18O4/c1-3-4-12-5-7-14(11(2)9-12)19-10-13-6-8-15(20-13)16(17)18/h5-9H,3-4,10H2,1-2H3,(H,17,18). The van der Waals surface area contributed by atoms with Gasteiger partial charge in [-0.1, -0.05) is 25.5 Å². The van der Waals surface area contributed by atoms with Gasteiger partial charge in [-0.25, -0.2) is 4.79 Å². The molecule has 0 bridgehead atoms. The van der Waals surface area contributed by atoms with Gasteiger partial charge in [-0.05, 0) is 42.7 Å². The number of carboxylic acids is 1. The lowest BCUT2D eigenvalue weighted by Gasteiger charge is -2.09. The monoisotopic (exact) mass is 274 g/mol. The van der Waals surface area contributed by atoms with Crippen molar-refractivity contribution in [3.63, 3.8) is 0 Å². The smallest absolute Gasteiger partial charge is 0.371 e. The molecule has 1 N–H and O–H groups in total. The maximum Gasteiger partial charge on any atom is 0.371 e. The lowest BCUT2D eigenvalue weighted by molar-refractivity contribution is 0.0658. The molecule has 2 aromatic rings. The minimum Gasteiger partial charge on any atom is -0.485 e. The van der Waals surface area contributed by atoms with Gasteiger partial charge in [0.1, 0.15) is 18.1 Å². The summed E-state index contributed by atoms with van der Waals surface area (Å²) in [5, 5.41) is 8.77. The van der Waals surface area contributed by atoms with Crippen LogP contribution in [0.15, 0.2) is 34.7 Å². The van der Waals surface area contributed by atoms with Gasteiger partial charge in [-0.3, -0.25) is 0 Å². The van der Waals surface area contributed by atoms with Gasteiger partial charge >= 0.3 is 5.97 Å². The van der Waals surface area contributed by atoms with Gasteiger partial charge in [0.05, 0.1) is 0 Å². The summed E-state index contributed by atoms with van der Waals surface area (Å²) in [7, 11) is 0. The topological polar surface area (TPSA) is 59.7 Å². The first-order valence-corrected chi connectivity index (χ1v) is 6.64. The first-order valence-electron chi connectivity index (χ1n) is 6.64. The first-order chi connectivity index (χ1) is 9.60. The average molecular weight is 274 g/mol. The van der Waals surface area contributed by atoms with E-state index in [-0.39, 0.29) is 12.4 Å². The van der Waals surface area contributed by atoms with Crippen LogP contribution in [0.2, 0.25) is 0 Å². The molecular weight excluding hydrogens is 256 g/mol. The SMILES string of the molecule is CCCc1ccc(OCc2ccc(C(=O)O)o2)c(C)c1. The summed E-state index contributed by atoms with van der Waals surface area (Å²) in [6.07, 6.45) is 2.17.